The van der Waals surface area contributed by atoms with Crippen molar-refractivity contribution in [3.63, 3.8) is 0 Å². The third-order valence-corrected chi connectivity index (χ3v) is 11.3. The Morgan fingerprint density at radius 1 is 0.966 bits per heavy atom. The third kappa shape index (κ3) is 2.94. The lowest BCUT2D eigenvalue weighted by molar-refractivity contribution is -0.116. The fourth-order valence-electron chi connectivity index (χ4n) is 9.68. The number of epoxide rings is 1. The van der Waals surface area contributed by atoms with Crippen molar-refractivity contribution < 1.29 is 9.84 Å². The standard InChI is InChI=1S/C27H46O2/c1-17(2)7-6-8-18(3)21-9-10-22-20-15-24-27(29-24)16-19(28)11-14-26(27,5)23(20)12-13-25(21,22)4/h17-24,28H,6-16H2,1-5H3/t18-,19?,20+,21-,22+,23-,24+,25-,26-,27+/m1/s1. The molecule has 1 heterocycles. The molecular formula is C27H46O2. The lowest BCUT2D eigenvalue weighted by atomic mass is 9.44. The second-order valence-corrected chi connectivity index (χ2v) is 13.0. The van der Waals surface area contributed by atoms with Crippen LogP contribution in [0.1, 0.15) is 105 Å². The van der Waals surface area contributed by atoms with Crippen LogP contribution in [-0.4, -0.2) is 22.9 Å². The second-order valence-electron chi connectivity index (χ2n) is 13.0. The molecule has 1 aliphatic heterocycles. The first-order valence-corrected chi connectivity index (χ1v) is 13.1. The number of rotatable bonds is 5. The van der Waals surface area contributed by atoms with Crippen LogP contribution in [0.4, 0.5) is 0 Å². The molecule has 1 saturated heterocycles. The quantitative estimate of drug-likeness (QED) is 0.525. The maximum Gasteiger partial charge on any atom is 0.103 e. The van der Waals surface area contributed by atoms with Gasteiger partial charge >= 0.3 is 0 Å². The highest BCUT2D eigenvalue weighted by Gasteiger charge is 2.76. The maximum absolute atomic E-state index is 10.4. The molecule has 166 valence electrons. The van der Waals surface area contributed by atoms with Crippen LogP contribution in [0, 0.1) is 46.3 Å². The highest BCUT2D eigenvalue weighted by molar-refractivity contribution is 5.24. The zero-order valence-corrected chi connectivity index (χ0v) is 19.8. The van der Waals surface area contributed by atoms with Gasteiger partial charge in [-0.3, -0.25) is 0 Å². The molecule has 0 aromatic rings. The van der Waals surface area contributed by atoms with Gasteiger partial charge in [0.25, 0.3) is 0 Å². The van der Waals surface area contributed by atoms with Gasteiger partial charge in [0, 0.05) is 11.8 Å². The molecular weight excluding hydrogens is 356 g/mol. The van der Waals surface area contributed by atoms with Crippen LogP contribution in [0.5, 0.6) is 0 Å². The van der Waals surface area contributed by atoms with Gasteiger partial charge in [-0.2, -0.15) is 0 Å². The molecule has 0 bridgehead atoms. The first-order chi connectivity index (χ1) is 13.7. The van der Waals surface area contributed by atoms with Crippen LogP contribution in [0.15, 0.2) is 0 Å². The smallest absolute Gasteiger partial charge is 0.103 e. The minimum absolute atomic E-state index is 0.0434. The van der Waals surface area contributed by atoms with Gasteiger partial charge < -0.3 is 9.84 Å². The van der Waals surface area contributed by atoms with E-state index in [1.54, 1.807) is 0 Å². The number of fused-ring (bicyclic) bond motifs is 4. The molecule has 2 heteroatoms. The summed E-state index contributed by atoms with van der Waals surface area (Å²) in [5.41, 5.74) is 0.932. The Bertz CT molecular complexity index is 630. The number of hydrogen-bond donors (Lipinski definition) is 1. The molecule has 0 aromatic heterocycles. The fraction of sp³-hybridized carbons (Fsp3) is 1.00. The Morgan fingerprint density at radius 3 is 2.52 bits per heavy atom. The van der Waals surface area contributed by atoms with Gasteiger partial charge in [-0.25, -0.2) is 0 Å². The van der Waals surface area contributed by atoms with Crippen LogP contribution in [0.2, 0.25) is 0 Å². The van der Waals surface area contributed by atoms with Crippen LogP contribution >= 0.6 is 0 Å². The van der Waals surface area contributed by atoms with E-state index in [0.717, 1.165) is 48.3 Å². The molecule has 5 fully saturated rings. The molecule has 5 rings (SSSR count). The van der Waals surface area contributed by atoms with Crippen LogP contribution < -0.4 is 0 Å². The topological polar surface area (TPSA) is 32.8 Å². The van der Waals surface area contributed by atoms with Crippen molar-refractivity contribution in [3.8, 4) is 0 Å². The average molecular weight is 403 g/mol. The van der Waals surface area contributed by atoms with Gasteiger partial charge in [-0.15, -0.1) is 0 Å². The van der Waals surface area contributed by atoms with Crippen LogP contribution in [0.25, 0.3) is 0 Å². The Labute approximate surface area is 179 Å². The van der Waals surface area contributed by atoms with Crippen LogP contribution in [0.3, 0.4) is 0 Å². The number of aliphatic hydroxyl groups is 1. The minimum Gasteiger partial charge on any atom is -0.393 e. The zero-order chi connectivity index (χ0) is 20.6. The monoisotopic (exact) mass is 402 g/mol. The summed E-state index contributed by atoms with van der Waals surface area (Å²) in [5, 5.41) is 10.4. The molecule has 4 aliphatic carbocycles. The van der Waals surface area contributed by atoms with E-state index < -0.39 is 0 Å². The van der Waals surface area contributed by atoms with Crippen molar-refractivity contribution >= 4 is 0 Å². The molecule has 4 saturated carbocycles. The molecule has 0 amide bonds. The first-order valence-electron chi connectivity index (χ1n) is 13.1. The second kappa shape index (κ2) is 6.96. The molecule has 2 nitrogen and oxygen atoms in total. The van der Waals surface area contributed by atoms with Crippen molar-refractivity contribution in [2.45, 2.75) is 123 Å². The SMILES string of the molecule is CC(C)CCC[C@@H](C)[C@H]1CC[C@H]2[C@@H]3C[C@@H]4O[C@@]45CC(O)CC[C@]5(C)[C@@H]3CC[C@]12C. The molecule has 5 aliphatic rings. The van der Waals surface area contributed by atoms with Crippen molar-refractivity contribution in [2.24, 2.45) is 46.3 Å². The summed E-state index contributed by atoms with van der Waals surface area (Å²) in [6.07, 6.45) is 14.8. The van der Waals surface area contributed by atoms with E-state index in [9.17, 15) is 5.11 Å². The van der Waals surface area contributed by atoms with E-state index in [2.05, 4.69) is 34.6 Å². The summed E-state index contributed by atoms with van der Waals surface area (Å²) >= 11 is 0. The molecule has 0 radical (unpaired) electrons. The summed E-state index contributed by atoms with van der Waals surface area (Å²) < 4.78 is 6.51. The minimum atomic E-state index is -0.124. The Morgan fingerprint density at radius 2 is 1.76 bits per heavy atom. The predicted molar refractivity (Wildman–Crippen MR) is 119 cm³/mol. The summed E-state index contributed by atoms with van der Waals surface area (Å²) in [7, 11) is 0. The normalized spacial score (nSPS) is 54.3. The van der Waals surface area contributed by atoms with Crippen molar-refractivity contribution in [3.05, 3.63) is 0 Å². The van der Waals surface area contributed by atoms with Gasteiger partial charge in [-0.05, 0) is 85.9 Å². The van der Waals surface area contributed by atoms with E-state index in [1.165, 1.54) is 57.8 Å². The van der Waals surface area contributed by atoms with E-state index in [1.807, 2.05) is 0 Å². The predicted octanol–water partition coefficient (Wildman–Crippen LogP) is 6.60. The molecule has 1 unspecified atom stereocenters. The largest absolute Gasteiger partial charge is 0.393 e. The lowest BCUT2D eigenvalue weighted by Crippen LogP contribution is -2.58. The summed E-state index contributed by atoms with van der Waals surface area (Å²) in [4.78, 5) is 0. The van der Waals surface area contributed by atoms with E-state index in [4.69, 9.17) is 4.74 Å². The number of ether oxygens (including phenoxy) is 1. The first kappa shape index (κ1) is 20.8. The zero-order valence-electron chi connectivity index (χ0n) is 19.8. The lowest BCUT2D eigenvalue weighted by Gasteiger charge is -2.59. The summed E-state index contributed by atoms with van der Waals surface area (Å²) in [6, 6.07) is 0. The van der Waals surface area contributed by atoms with Crippen LogP contribution in [-0.2, 0) is 4.74 Å². The van der Waals surface area contributed by atoms with Gasteiger partial charge in [0.05, 0.1) is 12.2 Å². The van der Waals surface area contributed by atoms with Gasteiger partial charge in [-0.1, -0.05) is 53.9 Å². The Hall–Kier alpha value is -0.0800. The molecule has 10 atom stereocenters. The molecule has 29 heavy (non-hydrogen) atoms. The number of hydrogen-bond acceptors (Lipinski definition) is 2. The average Bonchev–Trinajstić information content (AvgIpc) is 3.22. The van der Waals surface area contributed by atoms with Crippen molar-refractivity contribution in [2.75, 3.05) is 0 Å². The van der Waals surface area contributed by atoms with E-state index >= 15 is 0 Å². The Balaban J connectivity index is 1.33. The van der Waals surface area contributed by atoms with E-state index in [0.29, 0.717) is 16.9 Å². The van der Waals surface area contributed by atoms with Crippen molar-refractivity contribution in [1.82, 2.24) is 0 Å². The third-order valence-electron chi connectivity index (χ3n) is 11.3. The number of aliphatic hydroxyl groups excluding tert-OH is 1. The summed E-state index contributed by atoms with van der Waals surface area (Å²) in [5.74, 6) is 5.31. The highest BCUT2D eigenvalue weighted by Crippen LogP contribution is 2.74. The fourth-order valence-corrected chi connectivity index (χ4v) is 9.68. The van der Waals surface area contributed by atoms with Gasteiger partial charge in [0.15, 0.2) is 0 Å². The molecule has 1 spiro atoms. The Kier molecular flexibility index (Phi) is 4.99. The maximum atomic E-state index is 10.4. The van der Waals surface area contributed by atoms with E-state index in [-0.39, 0.29) is 11.7 Å². The van der Waals surface area contributed by atoms with Crippen molar-refractivity contribution in [1.29, 1.82) is 0 Å². The highest BCUT2D eigenvalue weighted by atomic mass is 16.6. The molecule has 1 N–H and O–H groups in total. The van der Waals surface area contributed by atoms with Gasteiger partial charge in [0.2, 0.25) is 0 Å². The van der Waals surface area contributed by atoms with Gasteiger partial charge in [0.1, 0.15) is 5.60 Å². The molecule has 0 aromatic carbocycles. The summed E-state index contributed by atoms with van der Waals surface area (Å²) in [6.45, 7) is 12.6.